The highest BCUT2D eigenvalue weighted by Gasteiger charge is 2.36. The molecule has 3 rings (SSSR count). The van der Waals surface area contributed by atoms with Gasteiger partial charge in [-0.1, -0.05) is 30.3 Å². The highest BCUT2D eigenvalue weighted by molar-refractivity contribution is 5.86. The van der Waals surface area contributed by atoms with Crippen LogP contribution in [0.25, 0.3) is 11.5 Å². The number of carbonyl (C=O) groups excluding carboxylic acids is 1. The topological polar surface area (TPSA) is 68.0 Å². The number of rotatable bonds is 7. The lowest BCUT2D eigenvalue weighted by Gasteiger charge is -2.18. The zero-order valence-corrected chi connectivity index (χ0v) is 17.7. The standard InChI is InChI=1S/C24H22F3N3O2/c1-4-5-14-28-21(31)23(2,3)22-30-29-20(32-22)19-9-7-6-8-17(19)15-16-10-12-18(13-11-16)24(25,26)27/h1,6-13H,5,14-15H2,2-3H3,(H,28,31). The highest BCUT2D eigenvalue weighted by atomic mass is 19.4. The van der Waals surface area contributed by atoms with Crippen LogP contribution in [0, 0.1) is 12.3 Å². The fourth-order valence-corrected chi connectivity index (χ4v) is 3.07. The number of benzene rings is 2. The van der Waals surface area contributed by atoms with Crippen LogP contribution in [0.4, 0.5) is 13.2 Å². The van der Waals surface area contributed by atoms with Crippen LogP contribution in [0.1, 0.15) is 42.8 Å². The van der Waals surface area contributed by atoms with Gasteiger partial charge in [0.2, 0.25) is 17.7 Å². The Morgan fingerprint density at radius 2 is 1.78 bits per heavy atom. The molecule has 0 aliphatic rings. The third kappa shape index (κ3) is 5.17. The van der Waals surface area contributed by atoms with Crippen LogP contribution < -0.4 is 5.32 Å². The summed E-state index contributed by atoms with van der Waals surface area (Å²) in [6.07, 6.45) is 1.62. The van der Waals surface area contributed by atoms with Gasteiger partial charge in [0.15, 0.2) is 0 Å². The largest absolute Gasteiger partial charge is 0.420 e. The minimum Gasteiger partial charge on any atom is -0.420 e. The van der Waals surface area contributed by atoms with Gasteiger partial charge in [0.05, 0.1) is 5.56 Å². The SMILES string of the molecule is C#CCCNC(=O)C(C)(C)c1nnc(-c2ccccc2Cc2ccc(C(F)(F)F)cc2)o1. The van der Waals surface area contributed by atoms with Crippen molar-refractivity contribution in [3.05, 3.63) is 71.1 Å². The lowest BCUT2D eigenvalue weighted by Crippen LogP contribution is -2.40. The van der Waals surface area contributed by atoms with E-state index in [9.17, 15) is 18.0 Å². The zero-order valence-electron chi connectivity index (χ0n) is 17.7. The lowest BCUT2D eigenvalue weighted by molar-refractivity contribution is -0.137. The van der Waals surface area contributed by atoms with E-state index in [0.717, 1.165) is 17.7 Å². The molecule has 1 heterocycles. The van der Waals surface area contributed by atoms with Crippen molar-refractivity contribution in [2.45, 2.75) is 38.3 Å². The van der Waals surface area contributed by atoms with E-state index in [1.54, 1.807) is 26.0 Å². The molecule has 32 heavy (non-hydrogen) atoms. The zero-order chi connectivity index (χ0) is 23.4. The lowest BCUT2D eigenvalue weighted by atomic mass is 9.92. The number of terminal acetylenes is 1. The number of nitrogens with one attached hydrogen (secondary N) is 1. The Hall–Kier alpha value is -3.60. The van der Waals surface area contributed by atoms with Gasteiger partial charge in [0.25, 0.3) is 0 Å². The normalized spacial score (nSPS) is 11.8. The predicted octanol–water partition coefficient (Wildman–Crippen LogP) is 4.76. The average Bonchev–Trinajstić information content (AvgIpc) is 3.25. The van der Waals surface area contributed by atoms with Crippen LogP contribution in [0.3, 0.4) is 0 Å². The van der Waals surface area contributed by atoms with E-state index in [-0.39, 0.29) is 17.7 Å². The maximum atomic E-state index is 12.8. The van der Waals surface area contributed by atoms with E-state index in [1.807, 2.05) is 12.1 Å². The van der Waals surface area contributed by atoms with Gasteiger partial charge < -0.3 is 9.73 Å². The molecule has 1 amide bonds. The van der Waals surface area contributed by atoms with Crippen LogP contribution in [-0.2, 0) is 22.8 Å². The summed E-state index contributed by atoms with van der Waals surface area (Å²) in [4.78, 5) is 12.5. The molecule has 1 aromatic heterocycles. The Morgan fingerprint density at radius 1 is 1.09 bits per heavy atom. The smallest absolute Gasteiger partial charge is 0.416 e. The summed E-state index contributed by atoms with van der Waals surface area (Å²) in [5, 5.41) is 10.9. The molecule has 1 N–H and O–H groups in total. The van der Waals surface area contributed by atoms with E-state index >= 15 is 0 Å². The van der Waals surface area contributed by atoms with Gasteiger partial charge >= 0.3 is 6.18 Å². The van der Waals surface area contributed by atoms with Crippen LogP contribution in [-0.4, -0.2) is 22.6 Å². The van der Waals surface area contributed by atoms with Crippen molar-refractivity contribution in [3.63, 3.8) is 0 Å². The Morgan fingerprint density at radius 3 is 2.44 bits per heavy atom. The highest BCUT2D eigenvalue weighted by Crippen LogP contribution is 2.31. The predicted molar refractivity (Wildman–Crippen MR) is 113 cm³/mol. The molecule has 0 fully saturated rings. The van der Waals surface area contributed by atoms with Crippen molar-refractivity contribution in [2.75, 3.05) is 6.54 Å². The number of halogens is 3. The Balaban J connectivity index is 1.83. The number of nitrogens with zero attached hydrogens (tertiary/aromatic N) is 2. The first-order valence-electron chi connectivity index (χ1n) is 9.93. The number of alkyl halides is 3. The molecule has 0 aliphatic heterocycles. The Kier molecular flexibility index (Phi) is 6.68. The molecular weight excluding hydrogens is 419 g/mol. The van der Waals surface area contributed by atoms with Crippen molar-refractivity contribution in [1.82, 2.24) is 15.5 Å². The van der Waals surface area contributed by atoms with Gasteiger partial charge in [-0.3, -0.25) is 4.79 Å². The summed E-state index contributed by atoms with van der Waals surface area (Å²) >= 11 is 0. The fraction of sp³-hybridized carbons (Fsp3) is 0.292. The second-order valence-electron chi connectivity index (χ2n) is 7.78. The molecule has 0 radical (unpaired) electrons. The Bertz CT molecular complexity index is 1130. The summed E-state index contributed by atoms with van der Waals surface area (Å²) in [6.45, 7) is 3.68. The number of aromatic nitrogens is 2. The molecule has 0 unspecified atom stereocenters. The molecule has 166 valence electrons. The summed E-state index contributed by atoms with van der Waals surface area (Å²) < 4.78 is 44.3. The number of hydrogen-bond acceptors (Lipinski definition) is 4. The summed E-state index contributed by atoms with van der Waals surface area (Å²) in [6, 6.07) is 12.3. The van der Waals surface area contributed by atoms with Gasteiger partial charge in [-0.25, -0.2) is 0 Å². The summed E-state index contributed by atoms with van der Waals surface area (Å²) in [5.41, 5.74) is 0.396. The van der Waals surface area contributed by atoms with Crippen molar-refractivity contribution < 1.29 is 22.4 Å². The van der Waals surface area contributed by atoms with Crippen molar-refractivity contribution in [3.8, 4) is 23.8 Å². The molecule has 0 aliphatic carbocycles. The van der Waals surface area contributed by atoms with Crippen molar-refractivity contribution in [2.24, 2.45) is 0 Å². The second-order valence-corrected chi connectivity index (χ2v) is 7.78. The molecule has 0 bridgehead atoms. The molecule has 0 atom stereocenters. The van der Waals surface area contributed by atoms with Crippen LogP contribution in [0.2, 0.25) is 0 Å². The van der Waals surface area contributed by atoms with Crippen LogP contribution in [0.15, 0.2) is 52.9 Å². The molecule has 5 nitrogen and oxygen atoms in total. The molecule has 3 aromatic rings. The number of carbonyl (C=O) groups is 1. The van der Waals surface area contributed by atoms with Gasteiger partial charge in [-0.15, -0.1) is 22.5 Å². The van der Waals surface area contributed by atoms with Crippen molar-refractivity contribution in [1.29, 1.82) is 0 Å². The van der Waals surface area contributed by atoms with Gasteiger partial charge in [-0.2, -0.15) is 13.2 Å². The molecule has 2 aromatic carbocycles. The third-order valence-electron chi connectivity index (χ3n) is 5.01. The molecular formula is C24H22F3N3O2. The molecule has 0 spiro atoms. The Labute approximate surface area is 184 Å². The summed E-state index contributed by atoms with van der Waals surface area (Å²) in [7, 11) is 0. The molecule has 0 saturated heterocycles. The number of hydrogen-bond donors (Lipinski definition) is 1. The minimum atomic E-state index is -4.38. The van der Waals surface area contributed by atoms with Crippen LogP contribution in [0.5, 0.6) is 0 Å². The quantitative estimate of drug-likeness (QED) is 0.424. The van der Waals surface area contributed by atoms with E-state index in [4.69, 9.17) is 10.8 Å². The van der Waals surface area contributed by atoms with Crippen molar-refractivity contribution >= 4 is 5.91 Å². The first kappa shape index (κ1) is 23.1. The minimum absolute atomic E-state index is 0.148. The van der Waals surface area contributed by atoms with Gasteiger partial charge in [0.1, 0.15) is 5.41 Å². The first-order valence-corrected chi connectivity index (χ1v) is 9.93. The van der Waals surface area contributed by atoms with E-state index in [0.29, 0.717) is 30.5 Å². The number of amides is 1. The second kappa shape index (κ2) is 9.27. The van der Waals surface area contributed by atoms with Gasteiger partial charge in [-0.05, 0) is 49.6 Å². The first-order chi connectivity index (χ1) is 15.1. The average molecular weight is 441 g/mol. The fourth-order valence-electron chi connectivity index (χ4n) is 3.07. The van der Waals surface area contributed by atoms with E-state index in [2.05, 4.69) is 21.4 Å². The van der Waals surface area contributed by atoms with Crippen LogP contribution >= 0.6 is 0 Å². The van der Waals surface area contributed by atoms with E-state index < -0.39 is 17.2 Å². The third-order valence-corrected chi connectivity index (χ3v) is 5.01. The molecule has 8 heteroatoms. The maximum absolute atomic E-state index is 12.8. The van der Waals surface area contributed by atoms with Gasteiger partial charge in [0, 0.05) is 18.5 Å². The van der Waals surface area contributed by atoms with E-state index in [1.165, 1.54) is 12.1 Å². The summed E-state index contributed by atoms with van der Waals surface area (Å²) in [5.74, 6) is 2.54. The monoisotopic (exact) mass is 441 g/mol. The molecule has 0 saturated carbocycles. The maximum Gasteiger partial charge on any atom is 0.416 e.